The van der Waals surface area contributed by atoms with Gasteiger partial charge >= 0.3 is 5.97 Å². The van der Waals surface area contributed by atoms with Crippen molar-refractivity contribution in [2.75, 3.05) is 18.9 Å². The van der Waals surface area contributed by atoms with Crippen LogP contribution >= 0.6 is 0 Å². The summed E-state index contributed by atoms with van der Waals surface area (Å²) >= 11 is 0. The minimum Gasteiger partial charge on any atom is -0.495 e. The molecule has 0 amide bonds. The molecule has 0 fully saturated rings. The van der Waals surface area contributed by atoms with Gasteiger partial charge in [0.15, 0.2) is 5.69 Å². The summed E-state index contributed by atoms with van der Waals surface area (Å²) in [5.41, 5.74) is 1.21. The molecular weight excluding hydrogens is 334 g/mol. The van der Waals surface area contributed by atoms with Gasteiger partial charge in [-0.15, -0.1) is 0 Å². The number of ether oxygens (including phenoxy) is 2. The van der Waals surface area contributed by atoms with E-state index < -0.39 is 16.0 Å². The van der Waals surface area contributed by atoms with Gasteiger partial charge in [-0.2, -0.15) is 5.10 Å². The summed E-state index contributed by atoms with van der Waals surface area (Å²) < 4.78 is 39.1. The van der Waals surface area contributed by atoms with Crippen LogP contribution in [0.25, 0.3) is 0 Å². The van der Waals surface area contributed by atoms with Crippen molar-refractivity contribution in [3.63, 3.8) is 0 Å². The molecule has 8 nitrogen and oxygen atoms in total. The van der Waals surface area contributed by atoms with E-state index in [4.69, 9.17) is 9.47 Å². The third-order valence-corrected chi connectivity index (χ3v) is 4.82. The maximum Gasteiger partial charge on any atom is 0.358 e. The van der Waals surface area contributed by atoms with Crippen molar-refractivity contribution in [1.82, 2.24) is 9.78 Å². The van der Waals surface area contributed by atoms with Crippen LogP contribution in [0.2, 0.25) is 0 Å². The summed E-state index contributed by atoms with van der Waals surface area (Å²) in [6.45, 7) is 3.37. The van der Waals surface area contributed by atoms with Crippen LogP contribution in [0.15, 0.2) is 23.1 Å². The number of nitrogens with one attached hydrogen (secondary N) is 1. The van der Waals surface area contributed by atoms with Gasteiger partial charge in [0.1, 0.15) is 16.3 Å². The first kappa shape index (κ1) is 17.8. The maximum absolute atomic E-state index is 12.8. The molecule has 9 heteroatoms. The van der Waals surface area contributed by atoms with Crippen molar-refractivity contribution in [2.24, 2.45) is 7.05 Å². The Morgan fingerprint density at radius 3 is 2.50 bits per heavy atom. The van der Waals surface area contributed by atoms with Crippen LogP contribution in [-0.2, 0) is 21.8 Å². The number of hydrogen-bond donors (Lipinski definition) is 1. The van der Waals surface area contributed by atoms with E-state index in [9.17, 15) is 13.2 Å². The fraction of sp³-hybridized carbons (Fsp3) is 0.333. The molecule has 1 aromatic heterocycles. The predicted molar refractivity (Wildman–Crippen MR) is 87.8 cm³/mol. The van der Waals surface area contributed by atoms with E-state index in [2.05, 4.69) is 9.82 Å². The highest BCUT2D eigenvalue weighted by molar-refractivity contribution is 7.92. The number of aromatic nitrogens is 2. The molecule has 24 heavy (non-hydrogen) atoms. The number of methoxy groups -OCH3 is 2. The lowest BCUT2D eigenvalue weighted by Crippen LogP contribution is -2.18. The molecule has 0 aliphatic rings. The van der Waals surface area contributed by atoms with Crippen LogP contribution in [0.1, 0.15) is 21.7 Å². The summed E-state index contributed by atoms with van der Waals surface area (Å²) in [5, 5.41) is 4.08. The van der Waals surface area contributed by atoms with Gasteiger partial charge in [-0.25, -0.2) is 13.2 Å². The third kappa shape index (κ3) is 3.21. The molecule has 0 spiro atoms. The van der Waals surface area contributed by atoms with Gasteiger partial charge in [0, 0.05) is 7.05 Å². The third-order valence-electron chi connectivity index (χ3n) is 3.45. The molecule has 1 N–H and O–H groups in total. The van der Waals surface area contributed by atoms with Crippen molar-refractivity contribution < 1.29 is 22.7 Å². The van der Waals surface area contributed by atoms with Crippen molar-refractivity contribution in [3.8, 4) is 5.75 Å². The highest BCUT2D eigenvalue weighted by Crippen LogP contribution is 2.29. The van der Waals surface area contributed by atoms with Gasteiger partial charge in [0.2, 0.25) is 0 Å². The first-order valence-electron chi connectivity index (χ1n) is 7.00. The molecule has 0 aliphatic heterocycles. The van der Waals surface area contributed by atoms with E-state index in [1.54, 1.807) is 26.0 Å². The molecule has 0 unspecified atom stereocenters. The summed E-state index contributed by atoms with van der Waals surface area (Å²) in [6.07, 6.45) is 0. The van der Waals surface area contributed by atoms with Crippen LogP contribution < -0.4 is 9.46 Å². The normalized spacial score (nSPS) is 11.2. The standard InChI is InChI=1S/C15H19N3O5S/c1-9-6-7-11(22-4)12(8-9)24(20,21)17-13-10(2)16-18(3)14(13)15(19)23-5/h6-8,17H,1-5H3. The number of esters is 1. The van der Waals surface area contributed by atoms with E-state index in [0.29, 0.717) is 5.69 Å². The van der Waals surface area contributed by atoms with Crippen molar-refractivity contribution in [3.05, 3.63) is 35.2 Å². The summed E-state index contributed by atoms with van der Waals surface area (Å²) in [4.78, 5) is 11.9. The van der Waals surface area contributed by atoms with E-state index in [0.717, 1.165) is 5.56 Å². The maximum atomic E-state index is 12.8. The lowest BCUT2D eigenvalue weighted by molar-refractivity contribution is 0.0589. The number of nitrogens with zero attached hydrogens (tertiary/aromatic N) is 2. The topological polar surface area (TPSA) is 99.5 Å². The number of carbonyl (C=O) groups is 1. The van der Waals surface area contributed by atoms with Crippen LogP contribution in [0.4, 0.5) is 5.69 Å². The Hall–Kier alpha value is -2.55. The molecule has 0 bridgehead atoms. The van der Waals surface area contributed by atoms with E-state index >= 15 is 0 Å². The Labute approximate surface area is 140 Å². The minimum atomic E-state index is -3.99. The van der Waals surface area contributed by atoms with Crippen molar-refractivity contribution in [2.45, 2.75) is 18.7 Å². The molecule has 0 radical (unpaired) electrons. The number of benzene rings is 1. The molecule has 130 valence electrons. The quantitative estimate of drug-likeness (QED) is 0.820. The predicted octanol–water partition coefficient (Wildman–Crippen LogP) is 1.63. The molecule has 1 heterocycles. The zero-order chi connectivity index (χ0) is 18.1. The summed E-state index contributed by atoms with van der Waals surface area (Å²) in [6, 6.07) is 4.80. The smallest absolute Gasteiger partial charge is 0.358 e. The molecule has 0 saturated heterocycles. The molecule has 2 rings (SSSR count). The van der Waals surface area contributed by atoms with E-state index in [-0.39, 0.29) is 22.0 Å². The first-order chi connectivity index (χ1) is 11.2. The molecule has 0 saturated carbocycles. The fourth-order valence-corrected chi connectivity index (χ4v) is 3.67. The Morgan fingerprint density at radius 2 is 1.92 bits per heavy atom. The van der Waals surface area contributed by atoms with Gasteiger partial charge in [-0.3, -0.25) is 9.40 Å². The first-order valence-corrected chi connectivity index (χ1v) is 8.49. The summed E-state index contributed by atoms with van der Waals surface area (Å²) in [5.74, 6) is -0.485. The number of hydrogen-bond acceptors (Lipinski definition) is 6. The van der Waals surface area contributed by atoms with Gasteiger partial charge in [0.05, 0.1) is 19.9 Å². The zero-order valence-corrected chi connectivity index (χ0v) is 14.9. The number of carbonyl (C=O) groups excluding carboxylic acids is 1. The summed E-state index contributed by atoms with van der Waals surface area (Å²) in [7, 11) is 0.147. The minimum absolute atomic E-state index is 0.0187. The molecule has 2 aromatic rings. The number of anilines is 1. The largest absolute Gasteiger partial charge is 0.495 e. The Morgan fingerprint density at radius 1 is 1.25 bits per heavy atom. The van der Waals surface area contributed by atoms with Crippen molar-refractivity contribution >= 4 is 21.7 Å². The highest BCUT2D eigenvalue weighted by atomic mass is 32.2. The molecular formula is C15H19N3O5S. The zero-order valence-electron chi connectivity index (χ0n) is 14.1. The molecule has 0 atom stereocenters. The van der Waals surface area contributed by atoms with E-state index in [1.807, 2.05) is 0 Å². The van der Waals surface area contributed by atoms with Crippen LogP contribution in [0, 0.1) is 13.8 Å². The molecule has 0 aliphatic carbocycles. The van der Waals surface area contributed by atoms with E-state index in [1.165, 1.54) is 32.0 Å². The lowest BCUT2D eigenvalue weighted by atomic mass is 10.2. The second-order valence-electron chi connectivity index (χ2n) is 5.18. The number of aryl methyl sites for hydroxylation is 3. The highest BCUT2D eigenvalue weighted by Gasteiger charge is 2.27. The fourth-order valence-electron chi connectivity index (χ4n) is 2.29. The number of sulfonamides is 1. The van der Waals surface area contributed by atoms with Gasteiger partial charge in [-0.05, 0) is 31.5 Å². The Kier molecular flexibility index (Phi) is 4.83. The Bertz CT molecular complexity index is 887. The Balaban J connectivity index is 2.56. The number of rotatable bonds is 5. The van der Waals surface area contributed by atoms with Crippen LogP contribution in [0.3, 0.4) is 0 Å². The van der Waals surface area contributed by atoms with Gasteiger partial charge < -0.3 is 9.47 Å². The van der Waals surface area contributed by atoms with Crippen molar-refractivity contribution in [1.29, 1.82) is 0 Å². The SMILES string of the molecule is COC(=O)c1c(NS(=O)(=O)c2cc(C)ccc2OC)c(C)nn1C. The van der Waals surface area contributed by atoms with Gasteiger partial charge in [0.25, 0.3) is 10.0 Å². The van der Waals surface area contributed by atoms with Crippen LogP contribution in [-0.4, -0.2) is 38.4 Å². The average Bonchev–Trinajstić information content (AvgIpc) is 2.80. The second-order valence-corrected chi connectivity index (χ2v) is 6.83. The average molecular weight is 353 g/mol. The van der Waals surface area contributed by atoms with Crippen LogP contribution in [0.5, 0.6) is 5.75 Å². The monoisotopic (exact) mass is 353 g/mol. The second kappa shape index (κ2) is 6.52. The van der Waals surface area contributed by atoms with Gasteiger partial charge in [-0.1, -0.05) is 6.07 Å². The lowest BCUT2D eigenvalue weighted by Gasteiger charge is -2.13. The molecule has 1 aromatic carbocycles.